The first kappa shape index (κ1) is 58.7. The first-order valence-corrected chi connectivity index (χ1v) is 26.0. The van der Waals surface area contributed by atoms with Crippen molar-refractivity contribution in [3.8, 4) is 0 Å². The highest BCUT2D eigenvalue weighted by molar-refractivity contribution is 7.47. The summed E-state index contributed by atoms with van der Waals surface area (Å²) in [6.07, 6.45) is 48.7. The molecule has 0 aliphatic rings. The van der Waals surface area contributed by atoms with Crippen LogP contribution in [-0.2, 0) is 32.7 Å². The molecule has 0 bridgehead atoms. The monoisotopic (exact) mass is 884 g/mol. The summed E-state index contributed by atoms with van der Waals surface area (Å²) in [7, 11) is -4.76. The molecule has 3 atom stereocenters. The minimum Gasteiger partial charge on any atom is -0.480 e. The number of hydrogen-bond acceptors (Lipinski definition) is 8. The molecule has 0 aromatic rings. The van der Waals surface area contributed by atoms with Crippen LogP contribution in [0.5, 0.6) is 0 Å². The number of esters is 1. The standard InChI is InChI=1S/C49H90NO10P/c1-3-5-7-9-11-13-15-17-19-21-23-24-26-28-30-32-34-36-38-40-47(52)50-46(49(54)55)44-60-61(56,57)59-43-45(51)42-58-48(53)41-39-37-35-33-31-29-27-25-22-20-18-16-14-12-10-8-6-4-2/h11,13,17,19-20,22,45-46,51H,3-10,12,14-16,18,21,23-44H2,1-2H3,(H,50,52)(H,54,55)(H,56,57)/b13-11-,19-17-,22-20-. The summed E-state index contributed by atoms with van der Waals surface area (Å²) >= 11 is 0. The minimum atomic E-state index is -4.76. The van der Waals surface area contributed by atoms with Gasteiger partial charge in [-0.25, -0.2) is 9.36 Å². The van der Waals surface area contributed by atoms with Gasteiger partial charge in [0.1, 0.15) is 12.7 Å². The van der Waals surface area contributed by atoms with Gasteiger partial charge in [-0.3, -0.25) is 18.6 Å². The van der Waals surface area contributed by atoms with E-state index in [0.717, 1.165) is 64.2 Å². The van der Waals surface area contributed by atoms with E-state index in [1.54, 1.807) is 0 Å². The lowest BCUT2D eigenvalue weighted by atomic mass is 10.1. The van der Waals surface area contributed by atoms with Gasteiger partial charge in [0.25, 0.3) is 0 Å². The Bertz CT molecular complexity index is 1180. The van der Waals surface area contributed by atoms with E-state index < -0.39 is 57.6 Å². The Balaban J connectivity index is 3.86. The molecular weight excluding hydrogens is 794 g/mol. The smallest absolute Gasteiger partial charge is 0.472 e. The van der Waals surface area contributed by atoms with Crippen LogP contribution in [0.1, 0.15) is 226 Å². The van der Waals surface area contributed by atoms with Gasteiger partial charge in [0.05, 0.1) is 13.2 Å². The Kier molecular flexibility index (Phi) is 42.6. The van der Waals surface area contributed by atoms with Crippen molar-refractivity contribution in [2.75, 3.05) is 19.8 Å². The summed E-state index contributed by atoms with van der Waals surface area (Å²) in [5.41, 5.74) is 0. The van der Waals surface area contributed by atoms with Crippen molar-refractivity contribution in [1.82, 2.24) is 5.32 Å². The van der Waals surface area contributed by atoms with Crippen LogP contribution in [-0.4, -0.2) is 64.9 Å². The highest BCUT2D eigenvalue weighted by Gasteiger charge is 2.28. The molecule has 11 nitrogen and oxygen atoms in total. The van der Waals surface area contributed by atoms with Crippen molar-refractivity contribution in [2.24, 2.45) is 0 Å². The van der Waals surface area contributed by atoms with E-state index >= 15 is 0 Å². The second-order valence-corrected chi connectivity index (χ2v) is 18.1. The first-order valence-electron chi connectivity index (χ1n) is 24.5. The molecule has 61 heavy (non-hydrogen) atoms. The van der Waals surface area contributed by atoms with Crippen LogP contribution in [0, 0.1) is 0 Å². The summed E-state index contributed by atoms with van der Waals surface area (Å²) in [6.45, 7) is 2.58. The van der Waals surface area contributed by atoms with Gasteiger partial charge in [-0.15, -0.1) is 0 Å². The molecule has 0 saturated heterocycles. The number of aliphatic hydroxyl groups is 1. The van der Waals surface area contributed by atoms with Gasteiger partial charge in [-0.05, 0) is 70.6 Å². The Morgan fingerprint density at radius 1 is 0.525 bits per heavy atom. The molecule has 0 aromatic carbocycles. The van der Waals surface area contributed by atoms with Gasteiger partial charge in [0.15, 0.2) is 6.04 Å². The molecule has 0 radical (unpaired) electrons. The molecule has 0 aliphatic carbocycles. The highest BCUT2D eigenvalue weighted by atomic mass is 31.2. The molecule has 3 unspecified atom stereocenters. The molecule has 12 heteroatoms. The van der Waals surface area contributed by atoms with Gasteiger partial charge < -0.3 is 25.2 Å². The lowest BCUT2D eigenvalue weighted by Crippen LogP contribution is -2.43. The number of carboxylic acid groups (broad SMARTS) is 1. The number of phosphoric acid groups is 1. The minimum absolute atomic E-state index is 0.141. The third kappa shape index (κ3) is 44.1. The number of carbonyl (C=O) groups is 3. The third-order valence-electron chi connectivity index (χ3n) is 10.7. The molecule has 0 fully saturated rings. The number of phosphoric ester groups is 1. The fourth-order valence-corrected chi connectivity index (χ4v) is 7.58. The lowest BCUT2D eigenvalue weighted by Gasteiger charge is -2.18. The number of aliphatic hydroxyl groups excluding tert-OH is 1. The molecule has 1 amide bonds. The first-order chi connectivity index (χ1) is 29.6. The van der Waals surface area contributed by atoms with Gasteiger partial charge in [0.2, 0.25) is 5.91 Å². The largest absolute Gasteiger partial charge is 0.480 e. The number of amides is 1. The topological polar surface area (TPSA) is 169 Å². The van der Waals surface area contributed by atoms with E-state index in [0.29, 0.717) is 12.8 Å². The van der Waals surface area contributed by atoms with E-state index in [-0.39, 0.29) is 12.8 Å². The second kappa shape index (κ2) is 44.3. The Morgan fingerprint density at radius 2 is 0.902 bits per heavy atom. The van der Waals surface area contributed by atoms with Crippen molar-refractivity contribution < 1.29 is 47.8 Å². The van der Waals surface area contributed by atoms with Crippen molar-refractivity contribution in [3.05, 3.63) is 36.5 Å². The molecule has 0 spiro atoms. The van der Waals surface area contributed by atoms with Crippen LogP contribution in [0.2, 0.25) is 0 Å². The number of ether oxygens (including phenoxy) is 1. The van der Waals surface area contributed by atoms with Gasteiger partial charge in [-0.1, -0.05) is 179 Å². The average molecular weight is 884 g/mol. The number of carboxylic acids is 1. The summed E-state index contributed by atoms with van der Waals surface area (Å²) < 4.78 is 26.9. The zero-order chi connectivity index (χ0) is 44.9. The van der Waals surface area contributed by atoms with E-state index in [9.17, 15) is 34.1 Å². The maximum Gasteiger partial charge on any atom is 0.472 e. The molecule has 4 N–H and O–H groups in total. The molecule has 356 valence electrons. The van der Waals surface area contributed by atoms with E-state index in [1.165, 1.54) is 122 Å². The predicted octanol–water partition coefficient (Wildman–Crippen LogP) is 13.2. The molecule has 0 heterocycles. The molecule has 0 aromatic heterocycles. The Labute approximate surface area is 371 Å². The van der Waals surface area contributed by atoms with Gasteiger partial charge in [-0.2, -0.15) is 0 Å². The highest BCUT2D eigenvalue weighted by Crippen LogP contribution is 2.43. The van der Waals surface area contributed by atoms with Crippen LogP contribution in [0.4, 0.5) is 0 Å². The number of carbonyl (C=O) groups excluding carboxylic acids is 2. The van der Waals surface area contributed by atoms with Crippen LogP contribution >= 0.6 is 7.82 Å². The fourth-order valence-electron chi connectivity index (χ4n) is 6.81. The van der Waals surface area contributed by atoms with Crippen molar-refractivity contribution >= 4 is 25.7 Å². The molecule has 0 rings (SSSR count). The maximum absolute atomic E-state index is 12.3. The summed E-state index contributed by atoms with van der Waals surface area (Å²) in [4.78, 5) is 46.1. The third-order valence-corrected chi connectivity index (χ3v) is 11.6. The van der Waals surface area contributed by atoms with E-state index in [1.807, 2.05) is 0 Å². The zero-order valence-electron chi connectivity index (χ0n) is 38.7. The van der Waals surface area contributed by atoms with E-state index in [4.69, 9.17) is 13.8 Å². The number of hydrogen-bond donors (Lipinski definition) is 4. The van der Waals surface area contributed by atoms with Crippen LogP contribution in [0.15, 0.2) is 36.5 Å². The summed E-state index contributed by atoms with van der Waals surface area (Å²) in [5.74, 6) is -2.38. The van der Waals surface area contributed by atoms with Crippen LogP contribution in [0.3, 0.4) is 0 Å². The van der Waals surface area contributed by atoms with Gasteiger partial charge >= 0.3 is 19.8 Å². The van der Waals surface area contributed by atoms with Gasteiger partial charge in [0, 0.05) is 12.8 Å². The number of nitrogens with one attached hydrogen (secondary N) is 1. The normalized spacial score (nSPS) is 13.9. The summed E-state index contributed by atoms with van der Waals surface area (Å²) in [5, 5.41) is 21.9. The van der Waals surface area contributed by atoms with Crippen molar-refractivity contribution in [2.45, 2.75) is 238 Å². The SMILES string of the molecule is CCCCC/C=C\C/C=C\CCCCCCCCCCCC(=O)NC(COP(=O)(O)OCC(O)COC(=O)CCCCCCCCC/C=C\CCCCCCCCC)C(=O)O. The lowest BCUT2D eigenvalue weighted by molar-refractivity contribution is -0.147. The second-order valence-electron chi connectivity index (χ2n) is 16.6. The number of allylic oxidation sites excluding steroid dienone is 6. The maximum atomic E-state index is 12.3. The molecule has 0 aliphatic heterocycles. The summed E-state index contributed by atoms with van der Waals surface area (Å²) in [6, 6.07) is -1.55. The quantitative estimate of drug-likeness (QED) is 0.0200. The average Bonchev–Trinajstić information content (AvgIpc) is 3.24. The number of aliphatic carboxylic acids is 1. The molecular formula is C49H90NO10P. The Morgan fingerprint density at radius 3 is 1.38 bits per heavy atom. The predicted molar refractivity (Wildman–Crippen MR) is 249 cm³/mol. The van der Waals surface area contributed by atoms with Crippen LogP contribution < -0.4 is 5.32 Å². The fraction of sp³-hybridized carbons (Fsp3) is 0.816. The zero-order valence-corrected chi connectivity index (χ0v) is 39.6. The number of rotatable bonds is 46. The molecule has 0 saturated carbocycles. The van der Waals surface area contributed by atoms with Crippen molar-refractivity contribution in [1.29, 1.82) is 0 Å². The van der Waals surface area contributed by atoms with E-state index in [2.05, 4.69) is 55.6 Å². The number of unbranched alkanes of at least 4 members (excludes halogenated alkanes) is 26. The van der Waals surface area contributed by atoms with Crippen LogP contribution in [0.25, 0.3) is 0 Å². The van der Waals surface area contributed by atoms with Crippen molar-refractivity contribution in [3.63, 3.8) is 0 Å². The Hall–Kier alpha value is -2.30.